The van der Waals surface area contributed by atoms with Crippen LogP contribution in [0.3, 0.4) is 0 Å². The van der Waals surface area contributed by atoms with Crippen molar-refractivity contribution in [3.8, 4) is 0 Å². The molecule has 0 fully saturated rings. The zero-order chi connectivity index (χ0) is 13.8. The van der Waals surface area contributed by atoms with E-state index in [4.69, 9.17) is 5.84 Å². The summed E-state index contributed by atoms with van der Waals surface area (Å²) in [7, 11) is 1.90. The lowest BCUT2D eigenvalue weighted by molar-refractivity contribution is 0.512. The number of aryl methyl sites for hydroxylation is 3. The Hall–Kier alpha value is -1.72. The van der Waals surface area contributed by atoms with Crippen molar-refractivity contribution in [3.63, 3.8) is 0 Å². The second kappa shape index (κ2) is 5.95. The second-order valence-electron chi connectivity index (χ2n) is 4.78. The minimum atomic E-state index is -0.218. The maximum Gasteiger partial charge on any atom is 0.123 e. The van der Waals surface area contributed by atoms with Crippen LogP contribution in [0.1, 0.15) is 29.2 Å². The number of hydrogen-bond acceptors (Lipinski definition) is 3. The molecule has 0 aliphatic rings. The number of halogens is 1. The third-order valence-electron chi connectivity index (χ3n) is 3.29. The molecule has 0 radical (unpaired) electrons. The smallest absolute Gasteiger partial charge is 0.123 e. The monoisotopic (exact) mass is 262 g/mol. The molecule has 1 aromatic heterocycles. The first-order valence-corrected chi connectivity index (χ1v) is 6.30. The number of aromatic nitrogens is 2. The number of nitrogens with zero attached hydrogens (tertiary/aromatic N) is 2. The molecule has 0 bridgehead atoms. The van der Waals surface area contributed by atoms with E-state index in [2.05, 4.69) is 10.5 Å². The SMILES string of the molecule is Cc1cc(F)ccc1C(CCc1cnn(C)c1)NN. The highest BCUT2D eigenvalue weighted by molar-refractivity contribution is 5.29. The summed E-state index contributed by atoms with van der Waals surface area (Å²) >= 11 is 0. The summed E-state index contributed by atoms with van der Waals surface area (Å²) in [4.78, 5) is 0. The van der Waals surface area contributed by atoms with Gasteiger partial charge >= 0.3 is 0 Å². The van der Waals surface area contributed by atoms with Crippen LogP contribution in [0.25, 0.3) is 0 Å². The number of hydrogen-bond donors (Lipinski definition) is 2. The van der Waals surface area contributed by atoms with Crippen LogP contribution in [0.2, 0.25) is 0 Å². The molecule has 0 aliphatic carbocycles. The Balaban J connectivity index is 2.07. The summed E-state index contributed by atoms with van der Waals surface area (Å²) in [6, 6.07) is 4.81. The van der Waals surface area contributed by atoms with Crippen molar-refractivity contribution in [3.05, 3.63) is 53.1 Å². The molecule has 1 aromatic carbocycles. The Labute approximate surface area is 112 Å². The van der Waals surface area contributed by atoms with Crippen LogP contribution in [0, 0.1) is 12.7 Å². The average Bonchev–Trinajstić information content (AvgIpc) is 2.78. The molecule has 3 N–H and O–H groups in total. The molecular weight excluding hydrogens is 243 g/mol. The van der Waals surface area contributed by atoms with Gasteiger partial charge in [0, 0.05) is 19.3 Å². The van der Waals surface area contributed by atoms with Gasteiger partial charge < -0.3 is 0 Å². The molecule has 19 heavy (non-hydrogen) atoms. The molecule has 0 aliphatic heterocycles. The third-order valence-corrected chi connectivity index (χ3v) is 3.29. The average molecular weight is 262 g/mol. The zero-order valence-electron chi connectivity index (χ0n) is 11.2. The van der Waals surface area contributed by atoms with Gasteiger partial charge in [-0.05, 0) is 48.6 Å². The van der Waals surface area contributed by atoms with E-state index in [9.17, 15) is 4.39 Å². The van der Waals surface area contributed by atoms with E-state index < -0.39 is 0 Å². The molecule has 5 heteroatoms. The first-order chi connectivity index (χ1) is 9.10. The molecule has 102 valence electrons. The van der Waals surface area contributed by atoms with Crippen molar-refractivity contribution in [1.82, 2.24) is 15.2 Å². The Kier molecular flexibility index (Phi) is 4.29. The summed E-state index contributed by atoms with van der Waals surface area (Å²) < 4.78 is 14.9. The van der Waals surface area contributed by atoms with Crippen LogP contribution in [-0.4, -0.2) is 9.78 Å². The van der Waals surface area contributed by atoms with E-state index in [0.717, 1.165) is 24.0 Å². The van der Waals surface area contributed by atoms with Crippen molar-refractivity contribution in [1.29, 1.82) is 0 Å². The number of rotatable bonds is 5. The van der Waals surface area contributed by atoms with Crippen LogP contribution < -0.4 is 11.3 Å². The standard InChI is InChI=1S/C14H19FN4/c1-10-7-12(15)4-5-13(10)14(18-16)6-3-11-8-17-19(2)9-11/h4-5,7-9,14,18H,3,6,16H2,1-2H3. The molecular formula is C14H19FN4. The maximum absolute atomic E-state index is 13.1. The van der Waals surface area contributed by atoms with E-state index in [1.807, 2.05) is 26.4 Å². The highest BCUT2D eigenvalue weighted by atomic mass is 19.1. The minimum absolute atomic E-state index is 0.0146. The van der Waals surface area contributed by atoms with Crippen molar-refractivity contribution >= 4 is 0 Å². The predicted molar refractivity (Wildman–Crippen MR) is 72.7 cm³/mol. The molecule has 4 nitrogen and oxygen atoms in total. The van der Waals surface area contributed by atoms with Crippen LogP contribution >= 0.6 is 0 Å². The van der Waals surface area contributed by atoms with Gasteiger partial charge in [-0.2, -0.15) is 5.10 Å². The zero-order valence-corrected chi connectivity index (χ0v) is 11.2. The van der Waals surface area contributed by atoms with E-state index in [-0.39, 0.29) is 11.9 Å². The lowest BCUT2D eigenvalue weighted by Crippen LogP contribution is -2.29. The third kappa shape index (κ3) is 3.39. The summed E-state index contributed by atoms with van der Waals surface area (Å²) in [5.41, 5.74) is 5.92. The minimum Gasteiger partial charge on any atom is -0.276 e. The fourth-order valence-electron chi connectivity index (χ4n) is 2.27. The summed E-state index contributed by atoms with van der Waals surface area (Å²) in [5.74, 6) is 5.40. The van der Waals surface area contributed by atoms with Gasteiger partial charge in [0.1, 0.15) is 5.82 Å². The summed E-state index contributed by atoms with van der Waals surface area (Å²) in [6.07, 6.45) is 5.56. The van der Waals surface area contributed by atoms with E-state index in [0.29, 0.717) is 0 Å². The normalized spacial score (nSPS) is 12.6. The highest BCUT2D eigenvalue weighted by Gasteiger charge is 2.13. The molecule has 0 amide bonds. The maximum atomic E-state index is 13.1. The molecule has 0 spiro atoms. The van der Waals surface area contributed by atoms with Gasteiger partial charge in [-0.15, -0.1) is 0 Å². The largest absolute Gasteiger partial charge is 0.276 e. The van der Waals surface area contributed by atoms with Gasteiger partial charge in [0.05, 0.1) is 6.20 Å². The molecule has 2 rings (SSSR count). The second-order valence-corrected chi connectivity index (χ2v) is 4.78. The fraction of sp³-hybridized carbons (Fsp3) is 0.357. The van der Waals surface area contributed by atoms with Gasteiger partial charge in [0.25, 0.3) is 0 Å². The first-order valence-electron chi connectivity index (χ1n) is 6.30. The van der Waals surface area contributed by atoms with Gasteiger partial charge in [-0.25, -0.2) is 4.39 Å². The van der Waals surface area contributed by atoms with E-state index in [1.165, 1.54) is 17.7 Å². The Morgan fingerprint density at radius 2 is 2.26 bits per heavy atom. The lowest BCUT2D eigenvalue weighted by atomic mass is 9.97. The number of nitrogens with two attached hydrogens (primary N) is 1. The predicted octanol–water partition coefficient (Wildman–Crippen LogP) is 2.00. The quantitative estimate of drug-likeness (QED) is 0.640. The molecule has 1 unspecified atom stereocenters. The number of nitrogens with one attached hydrogen (secondary N) is 1. The Morgan fingerprint density at radius 1 is 1.47 bits per heavy atom. The summed E-state index contributed by atoms with van der Waals surface area (Å²) in [6.45, 7) is 1.90. The number of hydrazine groups is 1. The Morgan fingerprint density at radius 3 is 2.84 bits per heavy atom. The van der Waals surface area contributed by atoms with Crippen LogP contribution in [0.4, 0.5) is 4.39 Å². The van der Waals surface area contributed by atoms with Crippen molar-refractivity contribution < 1.29 is 4.39 Å². The van der Waals surface area contributed by atoms with Gasteiger partial charge in [0.2, 0.25) is 0 Å². The number of benzene rings is 1. The van der Waals surface area contributed by atoms with Gasteiger partial charge in [-0.1, -0.05) is 6.07 Å². The molecule has 1 atom stereocenters. The van der Waals surface area contributed by atoms with Crippen LogP contribution in [0.5, 0.6) is 0 Å². The molecule has 0 saturated heterocycles. The summed E-state index contributed by atoms with van der Waals surface area (Å²) in [5, 5.41) is 4.14. The van der Waals surface area contributed by atoms with Gasteiger partial charge in [-0.3, -0.25) is 16.0 Å². The van der Waals surface area contributed by atoms with E-state index >= 15 is 0 Å². The molecule has 0 saturated carbocycles. The van der Waals surface area contributed by atoms with Crippen LogP contribution in [-0.2, 0) is 13.5 Å². The lowest BCUT2D eigenvalue weighted by Gasteiger charge is -2.18. The van der Waals surface area contributed by atoms with Crippen molar-refractivity contribution in [2.24, 2.45) is 12.9 Å². The first kappa shape index (κ1) is 13.7. The van der Waals surface area contributed by atoms with Crippen molar-refractivity contribution in [2.45, 2.75) is 25.8 Å². The Bertz CT molecular complexity index is 550. The van der Waals surface area contributed by atoms with Crippen molar-refractivity contribution in [2.75, 3.05) is 0 Å². The van der Waals surface area contributed by atoms with E-state index in [1.54, 1.807) is 10.7 Å². The molecule has 2 aromatic rings. The highest BCUT2D eigenvalue weighted by Crippen LogP contribution is 2.22. The van der Waals surface area contributed by atoms with Gasteiger partial charge in [0.15, 0.2) is 0 Å². The van der Waals surface area contributed by atoms with Crippen LogP contribution in [0.15, 0.2) is 30.6 Å². The fourth-order valence-corrected chi connectivity index (χ4v) is 2.27. The molecule has 1 heterocycles. The topological polar surface area (TPSA) is 55.9 Å².